The smallest absolute Gasteiger partial charge is 0.234 e. The number of carbonyl (C=O) groups is 1. The molecule has 0 atom stereocenters. The number of thioether (sulfide) groups is 1. The predicted molar refractivity (Wildman–Crippen MR) is 99.4 cm³/mol. The minimum atomic E-state index is -0.358. The number of hydrogen-bond acceptors (Lipinski definition) is 5. The fourth-order valence-electron chi connectivity index (χ4n) is 2.38. The first kappa shape index (κ1) is 18.1. The number of halogens is 1. The Balaban J connectivity index is 1.72. The van der Waals surface area contributed by atoms with Gasteiger partial charge in [0, 0.05) is 12.2 Å². The van der Waals surface area contributed by atoms with Crippen molar-refractivity contribution >= 4 is 23.4 Å². The van der Waals surface area contributed by atoms with Crippen molar-refractivity contribution in [3.05, 3.63) is 54.0 Å². The second-order valence-electron chi connectivity index (χ2n) is 5.57. The van der Waals surface area contributed by atoms with Crippen molar-refractivity contribution in [2.24, 2.45) is 0 Å². The van der Waals surface area contributed by atoms with E-state index in [0.29, 0.717) is 28.8 Å². The molecule has 2 heterocycles. The fourth-order valence-corrected chi connectivity index (χ4v) is 3.18. The first-order chi connectivity index (χ1) is 12.6. The van der Waals surface area contributed by atoms with Crippen LogP contribution in [0, 0.1) is 12.7 Å². The SMILES string of the molecule is CCn1c(SCC(=O)Nc2ccccc2)nnc1-c1cc(C)c(F)cn1. The van der Waals surface area contributed by atoms with Gasteiger partial charge in [0.2, 0.25) is 5.91 Å². The number of pyridine rings is 1. The lowest BCUT2D eigenvalue weighted by Gasteiger charge is -2.08. The maximum absolute atomic E-state index is 13.4. The van der Waals surface area contributed by atoms with E-state index in [1.54, 1.807) is 13.0 Å². The van der Waals surface area contributed by atoms with Gasteiger partial charge in [0.15, 0.2) is 11.0 Å². The Labute approximate surface area is 154 Å². The van der Waals surface area contributed by atoms with E-state index >= 15 is 0 Å². The summed E-state index contributed by atoms with van der Waals surface area (Å²) in [5, 5.41) is 11.8. The lowest BCUT2D eigenvalue weighted by atomic mass is 10.2. The monoisotopic (exact) mass is 371 g/mol. The van der Waals surface area contributed by atoms with Crippen LogP contribution in [0.5, 0.6) is 0 Å². The van der Waals surface area contributed by atoms with Crippen molar-refractivity contribution in [3.63, 3.8) is 0 Å². The Hall–Kier alpha value is -2.74. The molecule has 0 spiro atoms. The van der Waals surface area contributed by atoms with Crippen LogP contribution in [0.3, 0.4) is 0 Å². The van der Waals surface area contributed by atoms with E-state index in [1.165, 1.54) is 18.0 Å². The summed E-state index contributed by atoms with van der Waals surface area (Å²) in [7, 11) is 0. The predicted octanol–water partition coefficient (Wildman–Crippen LogP) is 3.54. The van der Waals surface area contributed by atoms with Crippen LogP contribution in [-0.4, -0.2) is 31.4 Å². The molecular formula is C18H18FN5OS. The second kappa shape index (κ2) is 8.09. The van der Waals surface area contributed by atoms with E-state index in [9.17, 15) is 9.18 Å². The van der Waals surface area contributed by atoms with E-state index in [1.807, 2.05) is 41.8 Å². The van der Waals surface area contributed by atoms with Crippen molar-refractivity contribution in [3.8, 4) is 11.5 Å². The normalized spacial score (nSPS) is 10.7. The maximum atomic E-state index is 13.4. The first-order valence-electron chi connectivity index (χ1n) is 8.12. The van der Waals surface area contributed by atoms with Gasteiger partial charge in [0.05, 0.1) is 11.9 Å². The second-order valence-corrected chi connectivity index (χ2v) is 6.51. The Morgan fingerprint density at radius 3 is 2.73 bits per heavy atom. The van der Waals surface area contributed by atoms with Crippen LogP contribution >= 0.6 is 11.8 Å². The van der Waals surface area contributed by atoms with E-state index in [2.05, 4.69) is 20.5 Å². The molecule has 6 nitrogen and oxygen atoms in total. The van der Waals surface area contributed by atoms with Crippen LogP contribution in [0.15, 0.2) is 47.8 Å². The molecule has 0 fully saturated rings. The highest BCUT2D eigenvalue weighted by atomic mass is 32.2. The summed E-state index contributed by atoms with van der Waals surface area (Å²) in [6, 6.07) is 10.9. The summed E-state index contributed by atoms with van der Waals surface area (Å²) in [6.07, 6.45) is 1.18. The number of carbonyl (C=O) groups excluding carboxylic acids is 1. The highest BCUT2D eigenvalue weighted by Crippen LogP contribution is 2.24. The maximum Gasteiger partial charge on any atom is 0.234 e. The molecule has 0 saturated heterocycles. The average Bonchev–Trinajstić information content (AvgIpc) is 3.06. The molecule has 3 rings (SSSR count). The van der Waals surface area contributed by atoms with Crippen LogP contribution < -0.4 is 5.32 Å². The third kappa shape index (κ3) is 4.08. The van der Waals surface area contributed by atoms with Crippen LogP contribution in [0.4, 0.5) is 10.1 Å². The Morgan fingerprint density at radius 1 is 1.27 bits per heavy atom. The molecular weight excluding hydrogens is 353 g/mol. The van der Waals surface area contributed by atoms with Gasteiger partial charge >= 0.3 is 0 Å². The zero-order valence-corrected chi connectivity index (χ0v) is 15.3. The average molecular weight is 371 g/mol. The molecule has 1 N–H and O–H groups in total. The highest BCUT2D eigenvalue weighted by Gasteiger charge is 2.16. The molecule has 26 heavy (non-hydrogen) atoms. The number of anilines is 1. The van der Waals surface area contributed by atoms with Crippen LogP contribution in [0.1, 0.15) is 12.5 Å². The number of hydrogen-bond donors (Lipinski definition) is 1. The number of amides is 1. The van der Waals surface area contributed by atoms with Crippen LogP contribution in [0.25, 0.3) is 11.5 Å². The number of nitrogens with one attached hydrogen (secondary N) is 1. The number of benzene rings is 1. The van der Waals surface area contributed by atoms with Gasteiger partial charge in [-0.25, -0.2) is 9.37 Å². The van der Waals surface area contributed by atoms with Gasteiger partial charge in [-0.15, -0.1) is 10.2 Å². The third-order valence-corrected chi connectivity index (χ3v) is 4.67. The molecule has 8 heteroatoms. The number of nitrogens with zero attached hydrogens (tertiary/aromatic N) is 4. The van der Waals surface area contributed by atoms with Gasteiger partial charge in [-0.1, -0.05) is 30.0 Å². The molecule has 0 radical (unpaired) electrons. The van der Waals surface area contributed by atoms with Crippen molar-refractivity contribution in [2.45, 2.75) is 25.5 Å². The molecule has 0 aliphatic rings. The quantitative estimate of drug-likeness (QED) is 0.671. The molecule has 0 aliphatic heterocycles. The summed E-state index contributed by atoms with van der Waals surface area (Å²) in [5.41, 5.74) is 1.80. The standard InChI is InChI=1S/C18H18FN5OS/c1-3-24-17(15-9-12(2)14(19)10-20-15)22-23-18(24)26-11-16(25)21-13-7-5-4-6-8-13/h4-10H,3,11H2,1-2H3,(H,21,25). The molecule has 0 aliphatic carbocycles. The Bertz CT molecular complexity index is 913. The molecule has 134 valence electrons. The van der Waals surface area contributed by atoms with Gasteiger partial charge in [-0.3, -0.25) is 4.79 Å². The van der Waals surface area contributed by atoms with Crippen molar-refractivity contribution in [2.75, 3.05) is 11.1 Å². The molecule has 0 unspecified atom stereocenters. The van der Waals surface area contributed by atoms with E-state index in [0.717, 1.165) is 5.69 Å². The van der Waals surface area contributed by atoms with Gasteiger partial charge in [0.1, 0.15) is 11.5 Å². The summed E-state index contributed by atoms with van der Waals surface area (Å²) in [5.74, 6) is 0.289. The summed E-state index contributed by atoms with van der Waals surface area (Å²) in [4.78, 5) is 16.2. The van der Waals surface area contributed by atoms with Gasteiger partial charge in [0.25, 0.3) is 0 Å². The minimum Gasteiger partial charge on any atom is -0.325 e. The topological polar surface area (TPSA) is 72.7 Å². The Kier molecular flexibility index (Phi) is 5.62. The molecule has 2 aromatic heterocycles. The largest absolute Gasteiger partial charge is 0.325 e. The van der Waals surface area contributed by atoms with Gasteiger partial charge in [-0.2, -0.15) is 0 Å². The first-order valence-corrected chi connectivity index (χ1v) is 9.10. The number of aromatic nitrogens is 4. The van der Waals surface area contributed by atoms with E-state index in [4.69, 9.17) is 0 Å². The molecule has 0 saturated carbocycles. The van der Waals surface area contributed by atoms with Gasteiger partial charge < -0.3 is 9.88 Å². The van der Waals surface area contributed by atoms with Crippen LogP contribution in [0.2, 0.25) is 0 Å². The summed E-state index contributed by atoms with van der Waals surface area (Å²) >= 11 is 1.30. The van der Waals surface area contributed by atoms with E-state index < -0.39 is 0 Å². The van der Waals surface area contributed by atoms with Gasteiger partial charge in [-0.05, 0) is 37.6 Å². The molecule has 1 amide bonds. The van der Waals surface area contributed by atoms with Crippen LogP contribution in [-0.2, 0) is 11.3 Å². The summed E-state index contributed by atoms with van der Waals surface area (Å²) in [6.45, 7) is 4.25. The zero-order chi connectivity index (χ0) is 18.5. The number of aryl methyl sites for hydroxylation is 1. The highest BCUT2D eigenvalue weighted by molar-refractivity contribution is 7.99. The summed E-state index contributed by atoms with van der Waals surface area (Å²) < 4.78 is 15.3. The molecule has 3 aromatic rings. The van der Waals surface area contributed by atoms with Crippen molar-refractivity contribution < 1.29 is 9.18 Å². The van der Waals surface area contributed by atoms with Crippen molar-refractivity contribution in [1.82, 2.24) is 19.7 Å². The minimum absolute atomic E-state index is 0.121. The zero-order valence-electron chi connectivity index (χ0n) is 14.4. The van der Waals surface area contributed by atoms with E-state index in [-0.39, 0.29) is 17.5 Å². The lowest BCUT2D eigenvalue weighted by molar-refractivity contribution is -0.113. The lowest BCUT2D eigenvalue weighted by Crippen LogP contribution is -2.14. The number of rotatable bonds is 6. The Morgan fingerprint density at radius 2 is 2.04 bits per heavy atom. The molecule has 0 bridgehead atoms. The fraction of sp³-hybridized carbons (Fsp3) is 0.222. The van der Waals surface area contributed by atoms with Crippen molar-refractivity contribution in [1.29, 1.82) is 0 Å². The third-order valence-electron chi connectivity index (χ3n) is 3.70. The molecule has 1 aromatic carbocycles. The number of para-hydroxylation sites is 1.